The highest BCUT2D eigenvalue weighted by Gasteiger charge is 2.23. The number of nitrogens with zero attached hydrogens (tertiary/aromatic N) is 2. The van der Waals surface area contributed by atoms with Crippen LogP contribution in [0.2, 0.25) is 5.02 Å². The molecule has 110 valence electrons. The van der Waals surface area contributed by atoms with E-state index in [9.17, 15) is 8.42 Å². The average molecular weight is 342 g/mol. The lowest BCUT2D eigenvalue weighted by Crippen LogP contribution is -2.27. The minimum absolute atomic E-state index is 0.0504. The van der Waals surface area contributed by atoms with Crippen molar-refractivity contribution >= 4 is 33.0 Å². The quantitative estimate of drug-likeness (QED) is 0.926. The molecule has 1 aromatic heterocycles. The minimum Gasteiger partial charge on any atom is -0.248 e. The van der Waals surface area contributed by atoms with Crippen molar-refractivity contribution in [2.24, 2.45) is 0 Å². The highest BCUT2D eigenvalue weighted by atomic mass is 35.5. The van der Waals surface area contributed by atoms with Crippen LogP contribution in [0.25, 0.3) is 0 Å². The normalized spacial score (nSPS) is 12.9. The molecule has 0 bridgehead atoms. The lowest BCUT2D eigenvalue weighted by molar-refractivity contribution is 0.566. The van der Waals surface area contributed by atoms with Crippen LogP contribution < -0.4 is 4.72 Å². The summed E-state index contributed by atoms with van der Waals surface area (Å²) in [5, 5.41) is 9.95. The van der Waals surface area contributed by atoms with Gasteiger partial charge in [0.15, 0.2) is 0 Å². The van der Waals surface area contributed by atoms with Crippen molar-refractivity contribution in [2.45, 2.75) is 24.8 Å². The van der Waals surface area contributed by atoms with Crippen molar-refractivity contribution in [1.82, 2.24) is 9.71 Å². The number of hydrogen-bond donors (Lipinski definition) is 1. The van der Waals surface area contributed by atoms with Crippen molar-refractivity contribution in [3.05, 3.63) is 44.9 Å². The molecule has 0 saturated heterocycles. The van der Waals surface area contributed by atoms with E-state index in [0.29, 0.717) is 5.01 Å². The molecule has 0 aliphatic heterocycles. The molecule has 5 nitrogen and oxygen atoms in total. The van der Waals surface area contributed by atoms with Gasteiger partial charge in [-0.15, -0.1) is 11.3 Å². The molecule has 1 heterocycles. The number of aromatic nitrogens is 1. The molecular weight excluding hydrogens is 330 g/mol. The highest BCUT2D eigenvalue weighted by molar-refractivity contribution is 7.89. The summed E-state index contributed by atoms with van der Waals surface area (Å²) in [7, 11) is -3.85. The summed E-state index contributed by atoms with van der Waals surface area (Å²) in [6, 6.07) is 5.50. The summed E-state index contributed by atoms with van der Waals surface area (Å²) in [4.78, 5) is 5.02. The Labute approximate surface area is 132 Å². The Morgan fingerprint density at radius 1 is 1.48 bits per heavy atom. The van der Waals surface area contributed by atoms with E-state index in [1.807, 2.05) is 13.0 Å². The first-order chi connectivity index (χ1) is 9.83. The molecule has 0 saturated carbocycles. The van der Waals surface area contributed by atoms with E-state index in [1.54, 1.807) is 13.1 Å². The number of thiazole rings is 1. The summed E-state index contributed by atoms with van der Waals surface area (Å²) >= 11 is 7.24. The molecule has 0 fully saturated rings. The van der Waals surface area contributed by atoms with E-state index in [4.69, 9.17) is 16.9 Å². The predicted octanol–water partition coefficient (Wildman–Crippen LogP) is 3.02. The maximum atomic E-state index is 12.4. The number of nitriles is 1. The maximum Gasteiger partial charge on any atom is 0.242 e. The van der Waals surface area contributed by atoms with E-state index in [-0.39, 0.29) is 15.5 Å². The number of rotatable bonds is 4. The van der Waals surface area contributed by atoms with Gasteiger partial charge < -0.3 is 0 Å². The summed E-state index contributed by atoms with van der Waals surface area (Å²) in [6.45, 7) is 3.60. The number of nitrogens with one attached hydrogen (secondary N) is 1. The Morgan fingerprint density at radius 2 is 2.19 bits per heavy atom. The molecule has 2 aromatic rings. The number of halogens is 1. The Bertz CT molecular complexity index is 809. The molecule has 1 N–H and O–H groups in total. The maximum absolute atomic E-state index is 12.4. The Kier molecular flexibility index (Phi) is 4.64. The number of benzene rings is 1. The molecule has 2 rings (SSSR count). The van der Waals surface area contributed by atoms with Gasteiger partial charge in [-0.05, 0) is 32.0 Å². The molecule has 21 heavy (non-hydrogen) atoms. The van der Waals surface area contributed by atoms with Crippen molar-refractivity contribution in [3.8, 4) is 6.07 Å². The zero-order valence-corrected chi connectivity index (χ0v) is 13.7. The second kappa shape index (κ2) is 6.12. The summed E-state index contributed by atoms with van der Waals surface area (Å²) in [5.74, 6) is 0. The monoisotopic (exact) mass is 341 g/mol. The van der Waals surface area contributed by atoms with Crippen molar-refractivity contribution in [2.75, 3.05) is 0 Å². The molecule has 0 spiro atoms. The predicted molar refractivity (Wildman–Crippen MR) is 81.8 cm³/mol. The van der Waals surface area contributed by atoms with Gasteiger partial charge in [-0.3, -0.25) is 0 Å². The largest absolute Gasteiger partial charge is 0.248 e. The van der Waals surface area contributed by atoms with E-state index < -0.39 is 16.1 Å². The van der Waals surface area contributed by atoms with Crippen LogP contribution in [-0.2, 0) is 10.0 Å². The topological polar surface area (TPSA) is 82.8 Å². The lowest BCUT2D eigenvalue weighted by atomic mass is 10.2. The minimum atomic E-state index is -3.85. The first kappa shape index (κ1) is 15.9. The lowest BCUT2D eigenvalue weighted by Gasteiger charge is -2.13. The zero-order valence-electron chi connectivity index (χ0n) is 11.3. The Balaban J connectivity index is 2.35. The van der Waals surface area contributed by atoms with Gasteiger partial charge in [-0.25, -0.2) is 18.1 Å². The van der Waals surface area contributed by atoms with Gasteiger partial charge in [-0.1, -0.05) is 11.6 Å². The van der Waals surface area contributed by atoms with Crippen molar-refractivity contribution in [1.29, 1.82) is 5.26 Å². The third-order valence-corrected chi connectivity index (χ3v) is 5.61. The van der Waals surface area contributed by atoms with Crippen LogP contribution in [-0.4, -0.2) is 13.4 Å². The van der Waals surface area contributed by atoms with Crippen LogP contribution in [0.4, 0.5) is 0 Å². The van der Waals surface area contributed by atoms with Crippen LogP contribution in [0.1, 0.15) is 28.4 Å². The Morgan fingerprint density at radius 3 is 2.76 bits per heavy atom. The van der Waals surface area contributed by atoms with Gasteiger partial charge >= 0.3 is 0 Å². The molecular formula is C13H12ClN3O2S2. The number of hydrogen-bond acceptors (Lipinski definition) is 5. The molecule has 0 aliphatic carbocycles. The van der Waals surface area contributed by atoms with E-state index >= 15 is 0 Å². The molecule has 1 atom stereocenters. The third-order valence-electron chi connectivity index (χ3n) is 2.70. The van der Waals surface area contributed by atoms with Crippen molar-refractivity contribution < 1.29 is 8.42 Å². The molecule has 0 radical (unpaired) electrons. The molecule has 1 unspecified atom stereocenters. The molecule has 1 aromatic carbocycles. The van der Waals surface area contributed by atoms with Gasteiger partial charge in [0.25, 0.3) is 0 Å². The summed E-state index contributed by atoms with van der Waals surface area (Å²) in [5.41, 5.74) is 0.0504. The van der Waals surface area contributed by atoms with Crippen LogP contribution in [0.3, 0.4) is 0 Å². The molecule has 0 aliphatic rings. The van der Waals surface area contributed by atoms with Crippen LogP contribution >= 0.6 is 22.9 Å². The van der Waals surface area contributed by atoms with Gasteiger partial charge in [0.05, 0.1) is 11.6 Å². The highest BCUT2D eigenvalue weighted by Crippen LogP contribution is 2.24. The fourth-order valence-electron chi connectivity index (χ4n) is 1.73. The molecule has 8 heteroatoms. The third kappa shape index (κ3) is 3.60. The van der Waals surface area contributed by atoms with Crippen LogP contribution in [0.5, 0.6) is 0 Å². The fourth-order valence-corrected chi connectivity index (χ4v) is 4.21. The van der Waals surface area contributed by atoms with E-state index in [2.05, 4.69) is 9.71 Å². The SMILES string of the molecule is Cc1cnc(C(C)NS(=O)(=O)c2cc(Cl)ccc2C#N)s1. The van der Waals surface area contributed by atoms with E-state index in [1.165, 1.54) is 29.5 Å². The second-order valence-electron chi connectivity index (χ2n) is 4.40. The van der Waals surface area contributed by atoms with Gasteiger partial charge in [0, 0.05) is 16.1 Å². The van der Waals surface area contributed by atoms with Crippen LogP contribution in [0.15, 0.2) is 29.3 Å². The fraction of sp³-hybridized carbons (Fsp3) is 0.231. The van der Waals surface area contributed by atoms with Gasteiger partial charge in [0.2, 0.25) is 10.0 Å². The zero-order chi connectivity index (χ0) is 15.6. The summed E-state index contributed by atoms with van der Waals surface area (Å²) in [6.07, 6.45) is 1.69. The first-order valence-corrected chi connectivity index (χ1v) is 8.65. The summed E-state index contributed by atoms with van der Waals surface area (Å²) < 4.78 is 27.3. The first-order valence-electron chi connectivity index (χ1n) is 5.98. The smallest absolute Gasteiger partial charge is 0.242 e. The molecule has 0 amide bonds. The number of sulfonamides is 1. The Hall–Kier alpha value is -1.46. The second-order valence-corrected chi connectivity index (χ2v) is 7.79. The van der Waals surface area contributed by atoms with Gasteiger partial charge in [0.1, 0.15) is 16.0 Å². The van der Waals surface area contributed by atoms with Crippen molar-refractivity contribution in [3.63, 3.8) is 0 Å². The van der Waals surface area contributed by atoms with Crippen LogP contribution in [0, 0.1) is 18.3 Å². The average Bonchev–Trinajstić information content (AvgIpc) is 2.85. The van der Waals surface area contributed by atoms with Gasteiger partial charge in [-0.2, -0.15) is 5.26 Å². The number of aryl methyl sites for hydroxylation is 1. The standard InChI is InChI=1S/C13H12ClN3O2S2/c1-8-7-16-13(20-8)9(2)17-21(18,19)12-5-11(14)4-3-10(12)6-15/h3-5,7,9,17H,1-2H3. The van der Waals surface area contributed by atoms with E-state index in [0.717, 1.165) is 4.88 Å².